The minimum Gasteiger partial charge on any atom is -0.384 e. The summed E-state index contributed by atoms with van der Waals surface area (Å²) in [5, 5.41) is 15.4. The van der Waals surface area contributed by atoms with E-state index in [1.165, 1.54) is 18.3 Å². The number of hydrogen-bond acceptors (Lipinski definition) is 5. The van der Waals surface area contributed by atoms with Crippen LogP contribution in [-0.4, -0.2) is 25.1 Å². The molecule has 0 unspecified atom stereocenters. The van der Waals surface area contributed by atoms with E-state index in [1.54, 1.807) is 48.7 Å². The van der Waals surface area contributed by atoms with E-state index in [2.05, 4.69) is 10.3 Å². The molecule has 2 aromatic carbocycles. The van der Waals surface area contributed by atoms with Gasteiger partial charge in [0.2, 0.25) is 10.0 Å². The predicted molar refractivity (Wildman–Crippen MR) is 110 cm³/mol. The van der Waals surface area contributed by atoms with Crippen LogP contribution in [0.5, 0.6) is 0 Å². The number of nitrogens with two attached hydrogens (primary N) is 2. The molecule has 3 aromatic rings. The first kappa shape index (κ1) is 20.2. The highest BCUT2D eigenvalue weighted by Gasteiger charge is 2.14. The first-order valence-electron chi connectivity index (χ1n) is 8.54. The van der Waals surface area contributed by atoms with Crippen LogP contribution in [0.25, 0.3) is 11.1 Å². The number of rotatable bonds is 6. The Balaban J connectivity index is 1.79. The number of primary sulfonamides is 1. The molecule has 6 N–H and O–H groups in total. The molecule has 29 heavy (non-hydrogen) atoms. The van der Waals surface area contributed by atoms with Crippen molar-refractivity contribution in [2.45, 2.75) is 11.4 Å². The third-order valence-corrected chi connectivity index (χ3v) is 5.21. The fraction of sp³-hybridized carbons (Fsp3) is 0.0500. The fourth-order valence-electron chi connectivity index (χ4n) is 2.73. The molecule has 1 amide bonds. The summed E-state index contributed by atoms with van der Waals surface area (Å²) in [7, 11) is -3.79. The van der Waals surface area contributed by atoms with Crippen LogP contribution >= 0.6 is 0 Å². The Kier molecular flexibility index (Phi) is 5.71. The fourth-order valence-corrected chi connectivity index (χ4v) is 3.24. The highest BCUT2D eigenvalue weighted by molar-refractivity contribution is 7.89. The number of pyridine rings is 1. The zero-order chi connectivity index (χ0) is 21.0. The summed E-state index contributed by atoms with van der Waals surface area (Å²) in [6.07, 6.45) is 3.06. The highest BCUT2D eigenvalue weighted by Crippen LogP contribution is 2.24. The summed E-state index contributed by atoms with van der Waals surface area (Å²) >= 11 is 0. The molecule has 0 spiro atoms. The van der Waals surface area contributed by atoms with Gasteiger partial charge < -0.3 is 11.1 Å². The molecule has 0 radical (unpaired) electrons. The number of nitrogens with zero attached hydrogens (tertiary/aromatic N) is 1. The number of nitrogen functional groups attached to an aromatic ring is 1. The van der Waals surface area contributed by atoms with E-state index in [0.29, 0.717) is 28.8 Å². The molecule has 0 atom stereocenters. The summed E-state index contributed by atoms with van der Waals surface area (Å²) in [5.74, 6) is -0.316. The number of sulfonamides is 1. The number of amides is 1. The summed E-state index contributed by atoms with van der Waals surface area (Å²) in [6, 6.07) is 14.5. The maximum Gasteiger partial charge on any atom is 0.252 e. The lowest BCUT2D eigenvalue weighted by molar-refractivity contribution is 0.0951. The van der Waals surface area contributed by atoms with Gasteiger partial charge in [0.15, 0.2) is 0 Å². The lowest BCUT2D eigenvalue weighted by Gasteiger charge is -2.11. The molecule has 0 aliphatic carbocycles. The van der Waals surface area contributed by atoms with E-state index in [-0.39, 0.29) is 16.6 Å². The number of benzene rings is 2. The van der Waals surface area contributed by atoms with Gasteiger partial charge >= 0.3 is 0 Å². The average Bonchev–Trinajstić information content (AvgIpc) is 2.72. The summed E-state index contributed by atoms with van der Waals surface area (Å²) < 4.78 is 22.8. The Bertz CT molecular complexity index is 1160. The Morgan fingerprint density at radius 1 is 1.03 bits per heavy atom. The minimum atomic E-state index is -3.79. The van der Waals surface area contributed by atoms with Crippen molar-refractivity contribution in [1.29, 1.82) is 5.41 Å². The van der Waals surface area contributed by atoms with Crippen LogP contribution in [0.15, 0.2) is 71.9 Å². The van der Waals surface area contributed by atoms with Gasteiger partial charge in [-0.15, -0.1) is 0 Å². The highest BCUT2D eigenvalue weighted by atomic mass is 32.2. The van der Waals surface area contributed by atoms with Gasteiger partial charge in [-0.25, -0.2) is 13.6 Å². The monoisotopic (exact) mass is 409 g/mol. The Labute approximate surface area is 168 Å². The molecular formula is C20H19N5O3S. The second-order valence-corrected chi connectivity index (χ2v) is 7.85. The minimum absolute atomic E-state index is 0.00912. The quantitative estimate of drug-likeness (QED) is 0.360. The van der Waals surface area contributed by atoms with Crippen molar-refractivity contribution >= 4 is 21.8 Å². The van der Waals surface area contributed by atoms with Gasteiger partial charge in [0.25, 0.3) is 5.91 Å². The van der Waals surface area contributed by atoms with Crippen LogP contribution < -0.4 is 16.2 Å². The maximum atomic E-state index is 12.7. The van der Waals surface area contributed by atoms with E-state index < -0.39 is 10.0 Å². The molecular weight excluding hydrogens is 390 g/mol. The normalized spacial score (nSPS) is 11.1. The maximum absolute atomic E-state index is 12.7. The molecule has 9 heteroatoms. The van der Waals surface area contributed by atoms with Gasteiger partial charge in [0, 0.05) is 30.1 Å². The predicted octanol–water partition coefficient (Wildman–Crippen LogP) is 1.61. The summed E-state index contributed by atoms with van der Waals surface area (Å²) in [5.41, 5.74) is 8.52. The standard InChI is InChI=1S/C20H19N5O3S/c21-19(22)15-3-1-13(2-4-15)11-25-20(26)17-9-10-24-12-18(17)14-5-7-16(8-6-14)29(23,27)28/h1-10,12H,11H2,(H3,21,22)(H,25,26)(H2,23,27,28). The van der Waals surface area contributed by atoms with Crippen LogP contribution in [0.2, 0.25) is 0 Å². The van der Waals surface area contributed by atoms with E-state index in [1.807, 2.05) is 0 Å². The van der Waals surface area contributed by atoms with Gasteiger partial charge in [0.1, 0.15) is 5.84 Å². The topological polar surface area (TPSA) is 152 Å². The number of carbonyl (C=O) groups excluding carboxylic acids is 1. The van der Waals surface area contributed by atoms with Gasteiger partial charge in [-0.1, -0.05) is 36.4 Å². The van der Waals surface area contributed by atoms with Gasteiger partial charge in [-0.2, -0.15) is 0 Å². The molecule has 0 aliphatic rings. The van der Waals surface area contributed by atoms with E-state index in [4.69, 9.17) is 16.3 Å². The number of aromatic nitrogens is 1. The van der Waals surface area contributed by atoms with Crippen molar-refractivity contribution < 1.29 is 13.2 Å². The summed E-state index contributed by atoms with van der Waals surface area (Å²) in [4.78, 5) is 16.8. The zero-order valence-electron chi connectivity index (χ0n) is 15.3. The Morgan fingerprint density at radius 2 is 1.69 bits per heavy atom. The molecule has 1 heterocycles. The van der Waals surface area contributed by atoms with Crippen molar-refractivity contribution in [3.63, 3.8) is 0 Å². The van der Waals surface area contributed by atoms with Crippen LogP contribution in [0, 0.1) is 5.41 Å². The Morgan fingerprint density at radius 3 is 2.28 bits per heavy atom. The van der Waals surface area contributed by atoms with Crippen molar-refractivity contribution in [1.82, 2.24) is 10.3 Å². The van der Waals surface area contributed by atoms with Crippen molar-refractivity contribution in [3.05, 3.63) is 83.7 Å². The number of carbonyl (C=O) groups is 1. The van der Waals surface area contributed by atoms with Crippen LogP contribution in [0.4, 0.5) is 0 Å². The number of nitrogens with one attached hydrogen (secondary N) is 2. The van der Waals surface area contributed by atoms with Crippen molar-refractivity contribution in [2.75, 3.05) is 0 Å². The lowest BCUT2D eigenvalue weighted by atomic mass is 10.0. The third-order valence-electron chi connectivity index (χ3n) is 4.28. The second-order valence-electron chi connectivity index (χ2n) is 6.28. The molecule has 0 saturated heterocycles. The molecule has 8 nitrogen and oxygen atoms in total. The van der Waals surface area contributed by atoms with E-state index in [0.717, 1.165) is 5.56 Å². The van der Waals surface area contributed by atoms with Gasteiger partial charge in [-0.3, -0.25) is 15.2 Å². The third kappa shape index (κ3) is 4.84. The first-order chi connectivity index (χ1) is 13.8. The van der Waals surface area contributed by atoms with Gasteiger partial charge in [-0.05, 0) is 29.3 Å². The molecule has 0 saturated carbocycles. The molecule has 0 aliphatic heterocycles. The first-order valence-corrected chi connectivity index (χ1v) is 10.1. The second kappa shape index (κ2) is 8.21. The van der Waals surface area contributed by atoms with Crippen molar-refractivity contribution in [2.24, 2.45) is 10.9 Å². The zero-order valence-corrected chi connectivity index (χ0v) is 16.1. The Hall–Kier alpha value is -3.56. The van der Waals surface area contributed by atoms with E-state index in [9.17, 15) is 13.2 Å². The van der Waals surface area contributed by atoms with Crippen LogP contribution in [-0.2, 0) is 16.6 Å². The number of amidine groups is 1. The average molecular weight is 409 g/mol. The smallest absolute Gasteiger partial charge is 0.252 e. The molecule has 1 aromatic heterocycles. The summed E-state index contributed by atoms with van der Waals surface area (Å²) in [6.45, 7) is 0.295. The molecule has 0 fully saturated rings. The van der Waals surface area contributed by atoms with Gasteiger partial charge in [0.05, 0.1) is 10.5 Å². The molecule has 148 valence electrons. The molecule has 0 bridgehead atoms. The largest absolute Gasteiger partial charge is 0.384 e. The lowest BCUT2D eigenvalue weighted by Crippen LogP contribution is -2.23. The molecule has 3 rings (SSSR count). The van der Waals surface area contributed by atoms with Crippen LogP contribution in [0.3, 0.4) is 0 Å². The number of hydrogen-bond donors (Lipinski definition) is 4. The SMILES string of the molecule is N=C(N)c1ccc(CNC(=O)c2ccncc2-c2ccc(S(N)(=O)=O)cc2)cc1. The van der Waals surface area contributed by atoms with E-state index >= 15 is 0 Å². The van der Waals surface area contributed by atoms with Crippen molar-refractivity contribution in [3.8, 4) is 11.1 Å². The van der Waals surface area contributed by atoms with Crippen LogP contribution in [0.1, 0.15) is 21.5 Å².